The molecule has 2 aromatic rings. The summed E-state index contributed by atoms with van der Waals surface area (Å²) in [6.45, 7) is 7.70. The molecule has 0 aliphatic heterocycles. The van der Waals surface area contributed by atoms with E-state index in [0.29, 0.717) is 6.54 Å². The van der Waals surface area contributed by atoms with Crippen LogP contribution in [0.25, 0.3) is 0 Å². The Morgan fingerprint density at radius 2 is 1.90 bits per heavy atom. The average Bonchev–Trinajstić information content (AvgIpc) is 2.98. The first-order valence-corrected chi connectivity index (χ1v) is 6.99. The van der Waals surface area contributed by atoms with Gasteiger partial charge in [-0.1, -0.05) is 19.0 Å². The van der Waals surface area contributed by atoms with Gasteiger partial charge in [-0.05, 0) is 13.3 Å². The van der Waals surface area contributed by atoms with E-state index in [4.69, 9.17) is 4.52 Å². The smallest absolute Gasteiger partial charge is 0.135 e. The van der Waals surface area contributed by atoms with Crippen molar-refractivity contribution in [1.82, 2.24) is 15.1 Å². The van der Waals surface area contributed by atoms with E-state index >= 15 is 0 Å². The molecule has 2 aromatic heterocycles. The molecule has 6 nitrogen and oxygen atoms in total. The maximum absolute atomic E-state index is 4.82. The molecule has 0 aliphatic carbocycles. The largest absolute Gasteiger partial charge is 0.370 e. The molecule has 0 saturated carbocycles. The van der Waals surface area contributed by atoms with E-state index in [1.165, 1.54) is 0 Å². The summed E-state index contributed by atoms with van der Waals surface area (Å²) >= 11 is 0. The van der Waals surface area contributed by atoms with Gasteiger partial charge in [-0.3, -0.25) is 0 Å². The number of anilines is 2. The first kappa shape index (κ1) is 14.3. The van der Waals surface area contributed by atoms with Gasteiger partial charge < -0.3 is 15.2 Å². The van der Waals surface area contributed by atoms with E-state index < -0.39 is 0 Å². The lowest BCUT2D eigenvalue weighted by molar-refractivity contribution is 0.412. The highest BCUT2D eigenvalue weighted by atomic mass is 16.5. The summed E-state index contributed by atoms with van der Waals surface area (Å²) in [7, 11) is 0. The van der Waals surface area contributed by atoms with Crippen LogP contribution in [0, 0.1) is 6.92 Å². The zero-order valence-corrected chi connectivity index (χ0v) is 12.2. The topological polar surface area (TPSA) is 75.9 Å². The Hall–Kier alpha value is -2.11. The molecular formula is C14H21N5O. The Labute approximate surface area is 119 Å². The summed E-state index contributed by atoms with van der Waals surface area (Å²) in [5.74, 6) is 2.58. The van der Waals surface area contributed by atoms with E-state index in [1.807, 2.05) is 13.0 Å². The van der Waals surface area contributed by atoms with Crippen LogP contribution in [0.4, 0.5) is 11.6 Å². The van der Waals surface area contributed by atoms with Crippen LogP contribution >= 0.6 is 0 Å². The molecule has 0 unspecified atom stereocenters. The fourth-order valence-corrected chi connectivity index (χ4v) is 1.81. The third-order valence-electron chi connectivity index (χ3n) is 2.98. The van der Waals surface area contributed by atoms with Crippen molar-refractivity contribution < 1.29 is 4.52 Å². The van der Waals surface area contributed by atoms with Gasteiger partial charge >= 0.3 is 0 Å². The second kappa shape index (κ2) is 6.88. The minimum Gasteiger partial charge on any atom is -0.370 e. The van der Waals surface area contributed by atoms with Crippen molar-refractivity contribution in [2.24, 2.45) is 0 Å². The molecule has 0 bridgehead atoms. The highest BCUT2D eigenvalue weighted by Gasteiger charge is 2.10. The van der Waals surface area contributed by atoms with Crippen LogP contribution in [0.15, 0.2) is 16.9 Å². The molecule has 2 N–H and O–H groups in total. The van der Waals surface area contributed by atoms with E-state index in [1.54, 1.807) is 6.26 Å². The molecule has 0 atom stereocenters. The Morgan fingerprint density at radius 1 is 1.15 bits per heavy atom. The molecular weight excluding hydrogens is 254 g/mol. The van der Waals surface area contributed by atoms with Gasteiger partial charge in [-0.15, -0.1) is 0 Å². The van der Waals surface area contributed by atoms with Gasteiger partial charge in [-0.25, -0.2) is 9.97 Å². The zero-order valence-electron chi connectivity index (χ0n) is 12.2. The maximum atomic E-state index is 4.82. The van der Waals surface area contributed by atoms with Crippen molar-refractivity contribution in [2.75, 3.05) is 17.2 Å². The summed E-state index contributed by atoms with van der Waals surface area (Å²) in [5, 5.41) is 10.5. The number of nitrogens with one attached hydrogen (secondary N) is 2. The number of hydrogen-bond acceptors (Lipinski definition) is 6. The third-order valence-corrected chi connectivity index (χ3v) is 2.98. The predicted octanol–water partition coefficient (Wildman–Crippen LogP) is 2.77. The van der Waals surface area contributed by atoms with Gasteiger partial charge in [0.1, 0.15) is 29.4 Å². The number of hydrogen-bond donors (Lipinski definition) is 2. The highest BCUT2D eigenvalue weighted by molar-refractivity contribution is 5.57. The third kappa shape index (κ3) is 3.46. The molecule has 0 spiro atoms. The second-order valence-corrected chi connectivity index (χ2v) is 4.59. The quantitative estimate of drug-likeness (QED) is 0.809. The molecule has 2 heterocycles. The number of aryl methyl sites for hydroxylation is 1. The lowest BCUT2D eigenvalue weighted by Gasteiger charge is -2.14. The van der Waals surface area contributed by atoms with E-state index in [2.05, 4.69) is 39.6 Å². The Balaban J connectivity index is 2.17. The lowest BCUT2D eigenvalue weighted by atomic mass is 10.2. The Bertz CT molecular complexity index is 539. The standard InChI is InChI=1S/C14H21N5O/c1-4-7-15-13-10(3)14(18-12(5-2)17-13)16-9-11-6-8-20-19-11/h6,8H,4-5,7,9H2,1-3H3,(H2,15,16,17,18). The lowest BCUT2D eigenvalue weighted by Crippen LogP contribution is -2.11. The average molecular weight is 275 g/mol. The molecule has 0 aromatic carbocycles. The van der Waals surface area contributed by atoms with E-state index in [-0.39, 0.29) is 0 Å². The van der Waals surface area contributed by atoms with Gasteiger partial charge in [-0.2, -0.15) is 0 Å². The molecule has 0 amide bonds. The predicted molar refractivity (Wildman–Crippen MR) is 78.8 cm³/mol. The van der Waals surface area contributed by atoms with Crippen LogP contribution in [-0.2, 0) is 13.0 Å². The van der Waals surface area contributed by atoms with Crippen LogP contribution in [-0.4, -0.2) is 21.7 Å². The summed E-state index contributed by atoms with van der Waals surface area (Å²) in [4.78, 5) is 9.08. The van der Waals surface area contributed by atoms with Crippen molar-refractivity contribution in [2.45, 2.75) is 40.2 Å². The SMILES string of the molecule is CCCNc1nc(CC)nc(NCc2ccon2)c1C. The van der Waals surface area contributed by atoms with Crippen molar-refractivity contribution >= 4 is 11.6 Å². The summed E-state index contributed by atoms with van der Waals surface area (Å²) < 4.78 is 4.82. The van der Waals surface area contributed by atoms with Gasteiger partial charge in [0.05, 0.1) is 6.54 Å². The van der Waals surface area contributed by atoms with Crippen LogP contribution in [0.2, 0.25) is 0 Å². The van der Waals surface area contributed by atoms with Crippen molar-refractivity contribution in [3.05, 3.63) is 29.4 Å². The summed E-state index contributed by atoms with van der Waals surface area (Å²) in [6, 6.07) is 1.83. The van der Waals surface area contributed by atoms with E-state index in [0.717, 1.165) is 48.1 Å². The minimum absolute atomic E-state index is 0.588. The fourth-order valence-electron chi connectivity index (χ4n) is 1.81. The number of nitrogens with zero attached hydrogens (tertiary/aromatic N) is 3. The van der Waals surface area contributed by atoms with Gasteiger partial charge in [0.2, 0.25) is 0 Å². The number of aromatic nitrogens is 3. The molecule has 0 fully saturated rings. The minimum atomic E-state index is 0.588. The molecule has 2 rings (SSSR count). The van der Waals surface area contributed by atoms with Gasteiger partial charge in [0.25, 0.3) is 0 Å². The first-order chi connectivity index (χ1) is 9.74. The summed E-state index contributed by atoms with van der Waals surface area (Å²) in [6.07, 6.45) is 3.43. The fraction of sp³-hybridized carbons (Fsp3) is 0.500. The molecule has 108 valence electrons. The molecule has 0 radical (unpaired) electrons. The Morgan fingerprint density at radius 3 is 2.50 bits per heavy atom. The van der Waals surface area contributed by atoms with Crippen LogP contribution in [0.5, 0.6) is 0 Å². The number of rotatable bonds is 7. The van der Waals surface area contributed by atoms with Gasteiger partial charge in [0.15, 0.2) is 0 Å². The van der Waals surface area contributed by atoms with Crippen LogP contribution in [0.3, 0.4) is 0 Å². The van der Waals surface area contributed by atoms with Crippen LogP contribution in [0.1, 0.15) is 37.4 Å². The Kier molecular flexibility index (Phi) is 4.92. The van der Waals surface area contributed by atoms with E-state index in [9.17, 15) is 0 Å². The first-order valence-electron chi connectivity index (χ1n) is 6.99. The zero-order chi connectivity index (χ0) is 14.4. The van der Waals surface area contributed by atoms with Gasteiger partial charge in [0, 0.05) is 24.6 Å². The molecule has 20 heavy (non-hydrogen) atoms. The maximum Gasteiger partial charge on any atom is 0.135 e. The van der Waals surface area contributed by atoms with Crippen LogP contribution < -0.4 is 10.6 Å². The molecule has 6 heteroatoms. The molecule has 0 aliphatic rings. The second-order valence-electron chi connectivity index (χ2n) is 4.59. The highest BCUT2D eigenvalue weighted by Crippen LogP contribution is 2.20. The monoisotopic (exact) mass is 275 g/mol. The van der Waals surface area contributed by atoms with Crippen molar-refractivity contribution in [3.8, 4) is 0 Å². The van der Waals surface area contributed by atoms with Crippen molar-refractivity contribution in [3.63, 3.8) is 0 Å². The van der Waals surface area contributed by atoms with Crippen molar-refractivity contribution in [1.29, 1.82) is 0 Å². The summed E-state index contributed by atoms with van der Waals surface area (Å²) in [5.41, 5.74) is 1.88. The molecule has 0 saturated heterocycles. The normalized spacial score (nSPS) is 10.6.